The second-order valence-corrected chi connectivity index (χ2v) is 10.6. The Morgan fingerprint density at radius 2 is 1.79 bits per heavy atom. The summed E-state index contributed by atoms with van der Waals surface area (Å²) in [6.07, 6.45) is 2.49. The zero-order valence-corrected chi connectivity index (χ0v) is 22.6. The van der Waals surface area contributed by atoms with Crippen molar-refractivity contribution in [3.8, 4) is 0 Å². The molecule has 1 atom stereocenters. The standard InChI is InChI=1S/C30H34N6O2/c1-6-30(4,5)36-28(32-33-34-36)27(25-17-23-15-20(2)21(3)16-26(23)31-29(25)37)35(19-24-13-10-14-38-24)18-22-11-8-7-9-12-22/h7-17,27H,6,18-19H2,1-5H3,(H,31,37). The van der Waals surface area contributed by atoms with E-state index < -0.39 is 6.04 Å². The van der Waals surface area contributed by atoms with E-state index in [-0.39, 0.29) is 11.1 Å². The van der Waals surface area contributed by atoms with E-state index in [0.29, 0.717) is 24.5 Å². The molecule has 5 aromatic rings. The van der Waals surface area contributed by atoms with Crippen LogP contribution in [-0.4, -0.2) is 30.1 Å². The molecule has 8 nitrogen and oxygen atoms in total. The fourth-order valence-corrected chi connectivity index (χ4v) is 4.80. The number of benzene rings is 2. The first-order chi connectivity index (χ1) is 18.3. The van der Waals surface area contributed by atoms with E-state index in [9.17, 15) is 4.79 Å². The second-order valence-electron chi connectivity index (χ2n) is 10.6. The molecule has 1 N–H and O–H groups in total. The van der Waals surface area contributed by atoms with E-state index in [1.807, 2.05) is 47.1 Å². The van der Waals surface area contributed by atoms with Gasteiger partial charge in [-0.1, -0.05) is 37.3 Å². The lowest BCUT2D eigenvalue weighted by molar-refractivity contribution is 0.168. The van der Waals surface area contributed by atoms with E-state index in [2.05, 4.69) is 78.2 Å². The van der Waals surface area contributed by atoms with Crippen molar-refractivity contribution in [3.63, 3.8) is 0 Å². The molecule has 0 aliphatic rings. The summed E-state index contributed by atoms with van der Waals surface area (Å²) >= 11 is 0. The number of rotatable bonds is 9. The summed E-state index contributed by atoms with van der Waals surface area (Å²) < 4.78 is 7.63. The van der Waals surface area contributed by atoms with Gasteiger partial charge in [-0.25, -0.2) is 4.68 Å². The number of tetrazole rings is 1. The molecule has 8 heteroatoms. The Bertz CT molecular complexity index is 1580. The number of aromatic nitrogens is 5. The first-order valence-electron chi connectivity index (χ1n) is 13.0. The maximum Gasteiger partial charge on any atom is 0.253 e. The first kappa shape index (κ1) is 25.6. The third-order valence-corrected chi connectivity index (χ3v) is 7.49. The van der Waals surface area contributed by atoms with Gasteiger partial charge in [-0.3, -0.25) is 9.69 Å². The van der Waals surface area contributed by atoms with E-state index in [4.69, 9.17) is 4.42 Å². The highest BCUT2D eigenvalue weighted by Gasteiger charge is 2.35. The first-order valence-corrected chi connectivity index (χ1v) is 13.0. The lowest BCUT2D eigenvalue weighted by atomic mass is 9.98. The Balaban J connectivity index is 1.74. The minimum absolute atomic E-state index is 0.160. The molecule has 5 rings (SSSR count). The number of H-pyrrole nitrogens is 1. The normalized spacial score (nSPS) is 12.9. The summed E-state index contributed by atoms with van der Waals surface area (Å²) in [5.74, 6) is 1.41. The molecule has 1 unspecified atom stereocenters. The van der Waals surface area contributed by atoms with Crippen LogP contribution in [0.5, 0.6) is 0 Å². The van der Waals surface area contributed by atoms with Gasteiger partial charge in [-0.2, -0.15) is 0 Å². The highest BCUT2D eigenvalue weighted by molar-refractivity contribution is 5.81. The minimum Gasteiger partial charge on any atom is -0.468 e. The molecule has 0 fully saturated rings. The molecule has 0 aliphatic heterocycles. The monoisotopic (exact) mass is 510 g/mol. The number of hydrogen-bond acceptors (Lipinski definition) is 6. The Kier molecular flexibility index (Phi) is 6.99. The van der Waals surface area contributed by atoms with Crippen LogP contribution in [0.4, 0.5) is 0 Å². The number of aryl methyl sites for hydroxylation is 2. The highest BCUT2D eigenvalue weighted by Crippen LogP contribution is 2.33. The largest absolute Gasteiger partial charge is 0.468 e. The maximum atomic E-state index is 13.8. The Labute approximate surface area is 222 Å². The van der Waals surface area contributed by atoms with E-state index >= 15 is 0 Å². The van der Waals surface area contributed by atoms with Gasteiger partial charge in [0.1, 0.15) is 11.8 Å². The molecule has 3 aromatic heterocycles. The van der Waals surface area contributed by atoms with Crippen molar-refractivity contribution in [1.82, 2.24) is 30.1 Å². The third kappa shape index (κ3) is 5.04. The second kappa shape index (κ2) is 10.4. The van der Waals surface area contributed by atoms with Gasteiger partial charge in [-0.05, 0) is 97.0 Å². The Morgan fingerprint density at radius 1 is 1.03 bits per heavy atom. The van der Waals surface area contributed by atoms with Crippen molar-refractivity contribution < 1.29 is 4.42 Å². The molecule has 2 aromatic carbocycles. The van der Waals surface area contributed by atoms with Crippen LogP contribution in [-0.2, 0) is 18.6 Å². The molecular formula is C30H34N6O2. The molecule has 0 aliphatic carbocycles. The van der Waals surface area contributed by atoms with Crippen LogP contribution in [0.3, 0.4) is 0 Å². The van der Waals surface area contributed by atoms with Gasteiger partial charge in [-0.15, -0.1) is 5.10 Å². The molecule has 0 saturated heterocycles. The molecule has 0 saturated carbocycles. The Morgan fingerprint density at radius 3 is 2.50 bits per heavy atom. The van der Waals surface area contributed by atoms with E-state index in [1.54, 1.807) is 6.26 Å². The molecule has 0 spiro atoms. The van der Waals surface area contributed by atoms with E-state index in [0.717, 1.165) is 34.2 Å². The number of pyridine rings is 1. The van der Waals surface area contributed by atoms with Gasteiger partial charge < -0.3 is 9.40 Å². The number of furan rings is 1. The summed E-state index contributed by atoms with van der Waals surface area (Å²) in [6, 6.07) is 19.6. The molecule has 196 valence electrons. The number of nitrogens with one attached hydrogen (secondary N) is 1. The average molecular weight is 511 g/mol. The van der Waals surface area contributed by atoms with Crippen molar-refractivity contribution in [1.29, 1.82) is 0 Å². The van der Waals surface area contributed by atoms with Crippen molar-refractivity contribution in [3.05, 3.63) is 111 Å². The van der Waals surface area contributed by atoms with Gasteiger partial charge >= 0.3 is 0 Å². The van der Waals surface area contributed by atoms with Crippen molar-refractivity contribution in [2.75, 3.05) is 0 Å². The summed E-state index contributed by atoms with van der Waals surface area (Å²) in [7, 11) is 0. The molecule has 3 heterocycles. The highest BCUT2D eigenvalue weighted by atomic mass is 16.3. The molecule has 0 amide bonds. The van der Waals surface area contributed by atoms with Gasteiger partial charge in [0.2, 0.25) is 0 Å². The number of fused-ring (bicyclic) bond motifs is 1. The van der Waals surface area contributed by atoms with Crippen LogP contribution < -0.4 is 5.56 Å². The summed E-state index contributed by atoms with van der Waals surface area (Å²) in [5.41, 5.74) is 4.31. The Hall–Kier alpha value is -4.04. The molecular weight excluding hydrogens is 476 g/mol. The van der Waals surface area contributed by atoms with Gasteiger partial charge in [0.25, 0.3) is 5.56 Å². The van der Waals surface area contributed by atoms with Crippen LogP contribution in [0.25, 0.3) is 10.9 Å². The lowest BCUT2D eigenvalue weighted by Crippen LogP contribution is -2.38. The quantitative estimate of drug-likeness (QED) is 0.275. The lowest BCUT2D eigenvalue weighted by Gasteiger charge is -2.33. The van der Waals surface area contributed by atoms with Crippen molar-refractivity contribution >= 4 is 10.9 Å². The smallest absolute Gasteiger partial charge is 0.253 e. The van der Waals surface area contributed by atoms with Gasteiger partial charge in [0.15, 0.2) is 5.82 Å². The van der Waals surface area contributed by atoms with Crippen molar-refractivity contribution in [2.45, 2.75) is 65.7 Å². The summed E-state index contributed by atoms with van der Waals surface area (Å²) in [4.78, 5) is 19.1. The number of aromatic amines is 1. The fraction of sp³-hybridized carbons (Fsp3) is 0.333. The maximum absolute atomic E-state index is 13.8. The van der Waals surface area contributed by atoms with Crippen LogP contribution in [0.15, 0.2) is 76.1 Å². The van der Waals surface area contributed by atoms with E-state index in [1.165, 1.54) is 5.56 Å². The predicted octanol–water partition coefficient (Wildman–Crippen LogP) is 5.66. The van der Waals surface area contributed by atoms with Gasteiger partial charge in [0.05, 0.1) is 18.3 Å². The molecule has 0 radical (unpaired) electrons. The minimum atomic E-state index is -0.532. The number of hydrogen-bond donors (Lipinski definition) is 1. The fourth-order valence-electron chi connectivity index (χ4n) is 4.80. The van der Waals surface area contributed by atoms with Crippen LogP contribution in [0, 0.1) is 13.8 Å². The topological polar surface area (TPSA) is 92.8 Å². The van der Waals surface area contributed by atoms with Crippen molar-refractivity contribution in [2.24, 2.45) is 0 Å². The van der Waals surface area contributed by atoms with Crippen LogP contribution >= 0.6 is 0 Å². The zero-order chi connectivity index (χ0) is 26.9. The molecule has 0 bridgehead atoms. The SMILES string of the molecule is CCC(C)(C)n1nnnc1C(c1cc2cc(C)c(C)cc2[nH]c1=O)N(Cc1ccccc1)Cc1ccco1. The van der Waals surface area contributed by atoms with Crippen LogP contribution in [0.1, 0.15) is 67.1 Å². The van der Waals surface area contributed by atoms with Crippen LogP contribution in [0.2, 0.25) is 0 Å². The zero-order valence-electron chi connectivity index (χ0n) is 22.6. The average Bonchev–Trinajstić information content (AvgIpc) is 3.59. The summed E-state index contributed by atoms with van der Waals surface area (Å²) in [5, 5.41) is 14.0. The predicted molar refractivity (Wildman–Crippen MR) is 148 cm³/mol. The summed E-state index contributed by atoms with van der Waals surface area (Å²) in [6.45, 7) is 11.5. The molecule has 38 heavy (non-hydrogen) atoms. The third-order valence-electron chi connectivity index (χ3n) is 7.49. The number of nitrogens with zero attached hydrogens (tertiary/aromatic N) is 5. The van der Waals surface area contributed by atoms with Gasteiger partial charge in [0, 0.05) is 17.6 Å².